The van der Waals surface area contributed by atoms with Crippen molar-refractivity contribution in [2.24, 2.45) is 0 Å². The molecule has 0 spiro atoms. The lowest BCUT2D eigenvalue weighted by Gasteiger charge is -2.15. The minimum absolute atomic E-state index is 0.0762. The Bertz CT molecular complexity index is 833. The van der Waals surface area contributed by atoms with Crippen LogP contribution in [0.5, 0.6) is 5.75 Å². The average Bonchev–Trinajstić information content (AvgIpc) is 3.02. The maximum absolute atomic E-state index is 12.3. The molecule has 142 valence electrons. The van der Waals surface area contributed by atoms with Crippen molar-refractivity contribution in [3.63, 3.8) is 0 Å². The number of nitrogens with one attached hydrogen (secondary N) is 2. The Labute approximate surface area is 165 Å². The minimum atomic E-state index is -0.101. The summed E-state index contributed by atoms with van der Waals surface area (Å²) in [5.41, 5.74) is 4.50. The Hall–Kier alpha value is -2.40. The molecule has 1 aliphatic rings. The van der Waals surface area contributed by atoms with Crippen molar-refractivity contribution in [2.75, 3.05) is 7.11 Å². The van der Waals surface area contributed by atoms with Crippen molar-refractivity contribution in [1.82, 2.24) is 10.6 Å². The maximum atomic E-state index is 12.3. The molecule has 2 aromatic rings. The predicted octanol–water partition coefficient (Wildman–Crippen LogP) is 4.45. The van der Waals surface area contributed by atoms with Crippen LogP contribution < -0.4 is 15.4 Å². The third-order valence-corrected chi connectivity index (χ3v) is 5.63. The molecule has 1 heterocycles. The van der Waals surface area contributed by atoms with E-state index >= 15 is 0 Å². The van der Waals surface area contributed by atoms with Gasteiger partial charge in [-0.15, -0.1) is 0 Å². The lowest BCUT2D eigenvalue weighted by molar-refractivity contribution is -0.121. The zero-order valence-electron chi connectivity index (χ0n) is 16.0. The fourth-order valence-corrected chi connectivity index (χ4v) is 4.24. The van der Waals surface area contributed by atoms with Gasteiger partial charge in [-0.05, 0) is 49.4 Å². The van der Waals surface area contributed by atoms with Gasteiger partial charge in [0, 0.05) is 11.3 Å². The fourth-order valence-electron chi connectivity index (χ4n) is 3.22. The molecular formula is C22H26N2O2S. The zero-order valence-corrected chi connectivity index (χ0v) is 16.9. The van der Waals surface area contributed by atoms with E-state index in [2.05, 4.69) is 41.8 Å². The molecule has 0 saturated carbocycles. The van der Waals surface area contributed by atoms with E-state index in [-0.39, 0.29) is 11.4 Å². The van der Waals surface area contributed by atoms with Gasteiger partial charge in [-0.3, -0.25) is 4.79 Å². The molecule has 5 heteroatoms. The Kier molecular flexibility index (Phi) is 6.45. The van der Waals surface area contributed by atoms with Crippen LogP contribution >= 0.6 is 11.8 Å². The van der Waals surface area contributed by atoms with Gasteiger partial charge in [0.1, 0.15) is 5.75 Å². The van der Waals surface area contributed by atoms with E-state index < -0.39 is 0 Å². The van der Waals surface area contributed by atoms with Crippen molar-refractivity contribution >= 4 is 23.4 Å². The Morgan fingerprint density at radius 1 is 1.19 bits per heavy atom. The van der Waals surface area contributed by atoms with Gasteiger partial charge in [-0.25, -0.2) is 0 Å². The van der Waals surface area contributed by atoms with E-state index in [1.54, 1.807) is 18.9 Å². The highest BCUT2D eigenvalue weighted by Crippen LogP contribution is 2.33. The van der Waals surface area contributed by atoms with E-state index in [4.69, 9.17) is 4.74 Å². The van der Waals surface area contributed by atoms with Crippen LogP contribution in [0, 0.1) is 6.92 Å². The molecule has 27 heavy (non-hydrogen) atoms. The normalized spacial score (nSPS) is 16.2. The highest BCUT2D eigenvalue weighted by molar-refractivity contribution is 8.04. The monoisotopic (exact) mass is 382 g/mol. The second kappa shape index (κ2) is 9.00. The number of hydrogen-bond acceptors (Lipinski definition) is 4. The maximum Gasteiger partial charge on any atom is 0.222 e. The van der Waals surface area contributed by atoms with Gasteiger partial charge >= 0.3 is 0 Å². The first-order chi connectivity index (χ1) is 13.1. The first kappa shape index (κ1) is 19.4. The summed E-state index contributed by atoms with van der Waals surface area (Å²) in [5.74, 6) is 0.977. The van der Waals surface area contributed by atoms with Crippen molar-refractivity contribution in [1.29, 1.82) is 0 Å². The summed E-state index contributed by atoms with van der Waals surface area (Å²) in [7, 11) is 1.68. The summed E-state index contributed by atoms with van der Waals surface area (Å²) in [6.07, 6.45) is 2.23. The van der Waals surface area contributed by atoms with Crippen LogP contribution in [-0.2, 0) is 11.2 Å². The lowest BCUT2D eigenvalue weighted by atomic mass is 10.0. The highest BCUT2D eigenvalue weighted by atomic mass is 32.2. The third-order valence-electron chi connectivity index (χ3n) is 4.61. The van der Waals surface area contributed by atoms with Gasteiger partial charge < -0.3 is 15.4 Å². The second-order valence-corrected chi connectivity index (χ2v) is 7.98. The molecule has 3 rings (SSSR count). The first-order valence-corrected chi connectivity index (χ1v) is 10.1. The number of allylic oxidation sites excluding steroid dienone is 1. The molecule has 0 unspecified atom stereocenters. The summed E-state index contributed by atoms with van der Waals surface area (Å²) in [6, 6.07) is 16.4. The van der Waals surface area contributed by atoms with E-state index in [0.29, 0.717) is 6.42 Å². The van der Waals surface area contributed by atoms with Gasteiger partial charge in [0.15, 0.2) is 5.50 Å². The summed E-state index contributed by atoms with van der Waals surface area (Å²) in [5, 5.41) is 6.49. The van der Waals surface area contributed by atoms with Crippen LogP contribution in [0.15, 0.2) is 53.4 Å². The number of hydrogen-bond donors (Lipinski definition) is 2. The van der Waals surface area contributed by atoms with E-state index in [1.165, 1.54) is 10.5 Å². The Morgan fingerprint density at radius 2 is 1.96 bits per heavy atom. The fraction of sp³-hybridized carbons (Fsp3) is 0.318. The van der Waals surface area contributed by atoms with Crippen LogP contribution in [0.1, 0.15) is 36.5 Å². The topological polar surface area (TPSA) is 50.4 Å². The molecular weight excluding hydrogens is 356 g/mol. The van der Waals surface area contributed by atoms with Crippen molar-refractivity contribution in [2.45, 2.75) is 38.6 Å². The Morgan fingerprint density at radius 3 is 2.67 bits per heavy atom. The molecule has 0 saturated heterocycles. The van der Waals surface area contributed by atoms with Crippen molar-refractivity contribution in [3.05, 3.63) is 70.1 Å². The number of rotatable bonds is 7. The lowest BCUT2D eigenvalue weighted by Crippen LogP contribution is -2.39. The molecule has 0 aromatic heterocycles. The van der Waals surface area contributed by atoms with Crippen LogP contribution in [0.2, 0.25) is 0 Å². The van der Waals surface area contributed by atoms with Crippen LogP contribution in [0.25, 0.3) is 5.70 Å². The van der Waals surface area contributed by atoms with Crippen LogP contribution in [0.4, 0.5) is 0 Å². The number of benzene rings is 2. The van der Waals surface area contributed by atoms with E-state index in [0.717, 1.165) is 35.4 Å². The number of carbonyl (C=O) groups excluding carboxylic acids is 1. The molecule has 0 aliphatic carbocycles. The van der Waals surface area contributed by atoms with E-state index in [1.807, 2.05) is 31.2 Å². The predicted molar refractivity (Wildman–Crippen MR) is 112 cm³/mol. The SMILES string of the molecule is COc1ccc(CCCC(=O)N[C@@H]2NC(c3ccccc3)=C(C)S2)cc1C. The minimum Gasteiger partial charge on any atom is -0.496 e. The van der Waals surface area contributed by atoms with Gasteiger partial charge in [-0.1, -0.05) is 54.2 Å². The van der Waals surface area contributed by atoms with Gasteiger partial charge in [0.25, 0.3) is 0 Å². The summed E-state index contributed by atoms with van der Waals surface area (Å²) < 4.78 is 5.29. The molecule has 1 atom stereocenters. The number of amides is 1. The smallest absolute Gasteiger partial charge is 0.222 e. The molecule has 0 fully saturated rings. The molecule has 0 radical (unpaired) electrons. The standard InChI is InChI=1S/C22H26N2O2S/c1-15-14-17(12-13-19(15)26-3)8-7-11-20(25)23-22-24-21(16(2)27-22)18-9-5-4-6-10-18/h4-6,9-10,12-14,22,24H,7-8,11H2,1-3H3,(H,23,25)/t22-/m1/s1. The number of thioether (sulfide) groups is 1. The highest BCUT2D eigenvalue weighted by Gasteiger charge is 2.23. The quantitative estimate of drug-likeness (QED) is 0.743. The van der Waals surface area contributed by atoms with Gasteiger partial charge in [0.05, 0.1) is 12.8 Å². The van der Waals surface area contributed by atoms with Gasteiger partial charge in [0.2, 0.25) is 5.91 Å². The summed E-state index contributed by atoms with van der Waals surface area (Å²) in [4.78, 5) is 13.5. The molecule has 0 bridgehead atoms. The van der Waals surface area contributed by atoms with Gasteiger partial charge in [-0.2, -0.15) is 0 Å². The molecule has 2 N–H and O–H groups in total. The summed E-state index contributed by atoms with van der Waals surface area (Å²) in [6.45, 7) is 4.12. The molecule has 1 amide bonds. The number of ether oxygens (including phenoxy) is 1. The molecule has 1 aliphatic heterocycles. The number of methoxy groups -OCH3 is 1. The molecule has 4 nitrogen and oxygen atoms in total. The summed E-state index contributed by atoms with van der Waals surface area (Å²) >= 11 is 1.66. The van der Waals surface area contributed by atoms with Crippen LogP contribution in [0.3, 0.4) is 0 Å². The zero-order chi connectivity index (χ0) is 19.2. The third kappa shape index (κ3) is 5.07. The molecule has 2 aromatic carbocycles. The van der Waals surface area contributed by atoms with Crippen LogP contribution in [-0.4, -0.2) is 18.5 Å². The van der Waals surface area contributed by atoms with Crippen molar-refractivity contribution < 1.29 is 9.53 Å². The average molecular weight is 383 g/mol. The first-order valence-electron chi connectivity index (χ1n) is 9.19. The Balaban J connectivity index is 1.45. The number of aryl methyl sites for hydroxylation is 2. The number of carbonyl (C=O) groups is 1. The van der Waals surface area contributed by atoms with E-state index in [9.17, 15) is 4.79 Å². The van der Waals surface area contributed by atoms with Crippen molar-refractivity contribution in [3.8, 4) is 5.75 Å². The largest absolute Gasteiger partial charge is 0.496 e. The second-order valence-electron chi connectivity index (χ2n) is 6.66.